The Labute approximate surface area is 130 Å². The number of aryl methyl sites for hydroxylation is 1. The van der Waals surface area contributed by atoms with Gasteiger partial charge in [-0.25, -0.2) is 0 Å². The fourth-order valence-corrected chi connectivity index (χ4v) is 3.21. The van der Waals surface area contributed by atoms with Gasteiger partial charge in [0.1, 0.15) is 11.3 Å². The van der Waals surface area contributed by atoms with Crippen LogP contribution in [0.15, 0.2) is 27.1 Å². The normalized spacial score (nSPS) is 13.9. The standard InChI is InChI=1S/C17H24BrNO/c1-6-7-19-16(17(3,4)5)14-10-12-8-11(2)9-13(18)15(12)20-14/h8-10,16,19H,6-7H2,1-5H3. The highest BCUT2D eigenvalue weighted by molar-refractivity contribution is 9.10. The molecule has 1 aromatic heterocycles. The fraction of sp³-hybridized carbons (Fsp3) is 0.529. The van der Waals surface area contributed by atoms with E-state index in [1.165, 1.54) is 10.9 Å². The minimum absolute atomic E-state index is 0.116. The van der Waals surface area contributed by atoms with E-state index in [1.807, 2.05) is 0 Å². The first-order valence-electron chi connectivity index (χ1n) is 7.26. The van der Waals surface area contributed by atoms with Crippen LogP contribution in [0.4, 0.5) is 0 Å². The summed E-state index contributed by atoms with van der Waals surface area (Å²) in [5.41, 5.74) is 2.30. The third kappa shape index (κ3) is 3.26. The van der Waals surface area contributed by atoms with Crippen LogP contribution in [0.5, 0.6) is 0 Å². The molecule has 2 aromatic rings. The van der Waals surface area contributed by atoms with Crippen molar-refractivity contribution >= 4 is 26.9 Å². The molecule has 0 aliphatic heterocycles. The molecule has 3 heteroatoms. The number of hydrogen-bond acceptors (Lipinski definition) is 2. The van der Waals surface area contributed by atoms with Crippen molar-refractivity contribution in [3.8, 4) is 0 Å². The Balaban J connectivity index is 2.46. The summed E-state index contributed by atoms with van der Waals surface area (Å²) in [5, 5.41) is 4.78. The van der Waals surface area contributed by atoms with E-state index >= 15 is 0 Å². The maximum Gasteiger partial charge on any atom is 0.148 e. The summed E-state index contributed by atoms with van der Waals surface area (Å²) >= 11 is 3.60. The van der Waals surface area contributed by atoms with E-state index in [1.54, 1.807) is 0 Å². The molecule has 2 nitrogen and oxygen atoms in total. The summed E-state index contributed by atoms with van der Waals surface area (Å²) in [6.07, 6.45) is 1.12. The molecule has 2 rings (SSSR count). The molecule has 0 radical (unpaired) electrons. The fourth-order valence-electron chi connectivity index (χ4n) is 2.54. The van der Waals surface area contributed by atoms with Crippen LogP contribution in [0, 0.1) is 12.3 Å². The summed E-state index contributed by atoms with van der Waals surface area (Å²) in [6.45, 7) is 12.0. The zero-order chi connectivity index (χ0) is 14.9. The molecule has 110 valence electrons. The zero-order valence-corrected chi connectivity index (χ0v) is 14.6. The first-order chi connectivity index (χ1) is 9.32. The number of rotatable bonds is 4. The average Bonchev–Trinajstić information content (AvgIpc) is 2.71. The number of fused-ring (bicyclic) bond motifs is 1. The smallest absolute Gasteiger partial charge is 0.148 e. The number of hydrogen-bond donors (Lipinski definition) is 1. The lowest BCUT2D eigenvalue weighted by atomic mass is 9.85. The Bertz CT molecular complexity index is 595. The van der Waals surface area contributed by atoms with Crippen LogP contribution in [0.3, 0.4) is 0 Å². The maximum atomic E-state index is 6.13. The van der Waals surface area contributed by atoms with Gasteiger partial charge in [0.2, 0.25) is 0 Å². The Morgan fingerprint density at radius 2 is 1.95 bits per heavy atom. The molecular weight excluding hydrogens is 314 g/mol. The molecule has 1 atom stereocenters. The molecule has 1 unspecified atom stereocenters. The number of benzene rings is 1. The van der Waals surface area contributed by atoms with E-state index in [2.05, 4.69) is 74.1 Å². The van der Waals surface area contributed by atoms with Gasteiger partial charge in [-0.15, -0.1) is 0 Å². The van der Waals surface area contributed by atoms with Crippen molar-refractivity contribution in [2.75, 3.05) is 6.54 Å². The minimum Gasteiger partial charge on any atom is -0.458 e. The van der Waals surface area contributed by atoms with Crippen molar-refractivity contribution in [3.63, 3.8) is 0 Å². The Hall–Kier alpha value is -0.800. The van der Waals surface area contributed by atoms with Crippen molar-refractivity contribution in [3.05, 3.63) is 34.0 Å². The van der Waals surface area contributed by atoms with E-state index in [0.29, 0.717) is 0 Å². The molecule has 0 amide bonds. The van der Waals surface area contributed by atoms with E-state index in [-0.39, 0.29) is 11.5 Å². The van der Waals surface area contributed by atoms with Crippen LogP contribution in [0.2, 0.25) is 0 Å². The van der Waals surface area contributed by atoms with Crippen LogP contribution >= 0.6 is 15.9 Å². The molecule has 0 saturated carbocycles. The summed E-state index contributed by atoms with van der Waals surface area (Å²) in [6, 6.07) is 6.67. The summed E-state index contributed by atoms with van der Waals surface area (Å²) in [7, 11) is 0. The van der Waals surface area contributed by atoms with Crippen molar-refractivity contribution in [2.24, 2.45) is 5.41 Å². The molecule has 0 bridgehead atoms. The van der Waals surface area contributed by atoms with Gasteiger partial charge in [-0.05, 0) is 65.0 Å². The van der Waals surface area contributed by atoms with Crippen LogP contribution in [-0.2, 0) is 0 Å². The molecule has 1 N–H and O–H groups in total. The monoisotopic (exact) mass is 337 g/mol. The van der Waals surface area contributed by atoms with Crippen LogP contribution in [0.25, 0.3) is 11.0 Å². The summed E-state index contributed by atoms with van der Waals surface area (Å²) in [4.78, 5) is 0. The van der Waals surface area contributed by atoms with Crippen LogP contribution < -0.4 is 5.32 Å². The van der Waals surface area contributed by atoms with Crippen molar-refractivity contribution in [2.45, 2.75) is 47.1 Å². The number of furan rings is 1. The van der Waals surface area contributed by atoms with Crippen LogP contribution in [0.1, 0.15) is 51.5 Å². The lowest BCUT2D eigenvalue weighted by molar-refractivity contribution is 0.241. The molecule has 0 saturated heterocycles. The molecule has 0 fully saturated rings. The second-order valence-electron chi connectivity index (χ2n) is 6.57. The lowest BCUT2D eigenvalue weighted by Crippen LogP contribution is -2.32. The minimum atomic E-state index is 0.116. The van der Waals surface area contributed by atoms with Gasteiger partial charge in [0.25, 0.3) is 0 Å². The van der Waals surface area contributed by atoms with Crippen molar-refractivity contribution < 1.29 is 4.42 Å². The van der Waals surface area contributed by atoms with Gasteiger partial charge in [-0.1, -0.05) is 27.7 Å². The third-order valence-corrected chi connectivity index (χ3v) is 4.07. The van der Waals surface area contributed by atoms with Gasteiger partial charge in [-0.3, -0.25) is 0 Å². The first kappa shape index (κ1) is 15.6. The zero-order valence-electron chi connectivity index (χ0n) is 13.0. The Morgan fingerprint density at radius 1 is 1.25 bits per heavy atom. The largest absolute Gasteiger partial charge is 0.458 e. The maximum absolute atomic E-state index is 6.13. The second kappa shape index (κ2) is 5.90. The number of nitrogens with one attached hydrogen (secondary N) is 1. The molecule has 1 aromatic carbocycles. The molecule has 0 spiro atoms. The lowest BCUT2D eigenvalue weighted by Gasteiger charge is -2.30. The third-order valence-electron chi connectivity index (χ3n) is 3.48. The number of halogens is 1. The van der Waals surface area contributed by atoms with Crippen LogP contribution in [-0.4, -0.2) is 6.54 Å². The first-order valence-corrected chi connectivity index (χ1v) is 8.05. The van der Waals surface area contributed by atoms with Crippen molar-refractivity contribution in [1.29, 1.82) is 0 Å². The molecular formula is C17H24BrNO. The predicted octanol–water partition coefficient (Wildman–Crippen LogP) is 5.59. The van der Waals surface area contributed by atoms with Gasteiger partial charge in [-0.2, -0.15) is 0 Å². The second-order valence-corrected chi connectivity index (χ2v) is 7.42. The Morgan fingerprint density at radius 3 is 2.55 bits per heavy atom. The summed E-state index contributed by atoms with van der Waals surface area (Å²) in [5.74, 6) is 1.02. The van der Waals surface area contributed by atoms with Crippen molar-refractivity contribution in [1.82, 2.24) is 5.32 Å². The topological polar surface area (TPSA) is 25.2 Å². The van der Waals surface area contributed by atoms with Gasteiger partial charge in [0, 0.05) is 5.39 Å². The molecule has 0 aliphatic carbocycles. The highest BCUT2D eigenvalue weighted by Gasteiger charge is 2.28. The van der Waals surface area contributed by atoms with Gasteiger partial charge in [0.15, 0.2) is 0 Å². The van der Waals surface area contributed by atoms with E-state index in [0.717, 1.165) is 28.8 Å². The molecule has 1 heterocycles. The van der Waals surface area contributed by atoms with E-state index in [4.69, 9.17) is 4.42 Å². The van der Waals surface area contributed by atoms with E-state index < -0.39 is 0 Å². The quantitative estimate of drug-likeness (QED) is 0.786. The highest BCUT2D eigenvalue weighted by atomic mass is 79.9. The van der Waals surface area contributed by atoms with Gasteiger partial charge >= 0.3 is 0 Å². The SMILES string of the molecule is CCCNC(c1cc2cc(C)cc(Br)c2o1)C(C)(C)C. The molecule has 20 heavy (non-hydrogen) atoms. The predicted molar refractivity (Wildman–Crippen MR) is 89.1 cm³/mol. The average molecular weight is 338 g/mol. The van der Waals surface area contributed by atoms with E-state index in [9.17, 15) is 0 Å². The molecule has 0 aliphatic rings. The highest BCUT2D eigenvalue weighted by Crippen LogP contribution is 2.37. The Kier molecular flexibility index (Phi) is 4.60. The summed E-state index contributed by atoms with van der Waals surface area (Å²) < 4.78 is 7.16. The van der Waals surface area contributed by atoms with Gasteiger partial charge < -0.3 is 9.73 Å². The van der Waals surface area contributed by atoms with Gasteiger partial charge in [0.05, 0.1) is 10.5 Å².